The predicted molar refractivity (Wildman–Crippen MR) is 80.2 cm³/mol. The third kappa shape index (κ3) is 2.35. The van der Waals surface area contributed by atoms with E-state index in [0.29, 0.717) is 10.7 Å². The molecule has 1 aromatic carbocycles. The van der Waals surface area contributed by atoms with E-state index in [2.05, 4.69) is 73.7 Å². The molecule has 0 saturated heterocycles. The predicted octanol–water partition coefficient (Wildman–Crippen LogP) is 4.94. The first-order valence-electron chi connectivity index (χ1n) is 4.42. The van der Waals surface area contributed by atoms with Crippen molar-refractivity contribution in [3.63, 3.8) is 0 Å². The van der Waals surface area contributed by atoms with Crippen LogP contribution in [0.2, 0.25) is 0 Å². The monoisotopic (exact) mass is 470 g/mol. The Morgan fingerprint density at radius 3 is 1.50 bits per heavy atom. The second kappa shape index (κ2) is 5.42. The van der Waals surface area contributed by atoms with Gasteiger partial charge in [0.25, 0.3) is 0 Å². The molecular weight excluding hydrogens is 468 g/mol. The van der Waals surface area contributed by atoms with Gasteiger partial charge in [0.2, 0.25) is 0 Å². The minimum absolute atomic E-state index is 0.704. The number of rotatable bonds is 2. The zero-order chi connectivity index (χ0) is 11.7. The molecule has 84 valence electrons. The second-order valence-corrected chi connectivity index (χ2v) is 5.94. The van der Waals surface area contributed by atoms with Crippen molar-refractivity contribution in [2.75, 3.05) is 0 Å². The number of benzene rings is 1. The standard InChI is InChI=1S/C10H6Br4N2/c11-3-7-8(4-12)16-10-6(14)2-1-5(13)9(10)15-7/h1-2H,3-4H2. The quantitative estimate of drug-likeness (QED) is 0.577. The lowest BCUT2D eigenvalue weighted by Gasteiger charge is -2.07. The first kappa shape index (κ1) is 12.9. The maximum Gasteiger partial charge on any atom is 0.104 e. The summed E-state index contributed by atoms with van der Waals surface area (Å²) in [7, 11) is 0. The molecule has 0 N–H and O–H groups in total. The highest BCUT2D eigenvalue weighted by atomic mass is 79.9. The van der Waals surface area contributed by atoms with Crippen LogP contribution >= 0.6 is 63.7 Å². The number of fused-ring (bicyclic) bond motifs is 1. The second-order valence-electron chi connectivity index (χ2n) is 3.11. The number of aromatic nitrogens is 2. The van der Waals surface area contributed by atoms with Crippen molar-refractivity contribution in [3.8, 4) is 0 Å². The van der Waals surface area contributed by atoms with Gasteiger partial charge in [-0.1, -0.05) is 31.9 Å². The lowest BCUT2D eigenvalue weighted by molar-refractivity contribution is 1.08. The van der Waals surface area contributed by atoms with Crippen molar-refractivity contribution in [3.05, 3.63) is 32.5 Å². The van der Waals surface area contributed by atoms with Crippen LogP contribution < -0.4 is 0 Å². The molecule has 16 heavy (non-hydrogen) atoms. The molecule has 0 aliphatic heterocycles. The zero-order valence-corrected chi connectivity index (χ0v) is 14.3. The summed E-state index contributed by atoms with van der Waals surface area (Å²) in [6.07, 6.45) is 0. The van der Waals surface area contributed by atoms with Gasteiger partial charge in [0.1, 0.15) is 11.0 Å². The van der Waals surface area contributed by atoms with Crippen LogP contribution in [0.25, 0.3) is 11.0 Å². The summed E-state index contributed by atoms with van der Waals surface area (Å²) in [5, 5.41) is 1.41. The molecule has 1 heterocycles. The van der Waals surface area contributed by atoms with Crippen LogP contribution in [0.4, 0.5) is 0 Å². The van der Waals surface area contributed by atoms with Gasteiger partial charge in [0, 0.05) is 19.6 Å². The Hall–Kier alpha value is 0.480. The van der Waals surface area contributed by atoms with Crippen molar-refractivity contribution in [2.45, 2.75) is 10.7 Å². The highest BCUT2D eigenvalue weighted by Crippen LogP contribution is 2.29. The van der Waals surface area contributed by atoms with E-state index in [4.69, 9.17) is 0 Å². The van der Waals surface area contributed by atoms with E-state index in [1.807, 2.05) is 12.1 Å². The van der Waals surface area contributed by atoms with E-state index in [1.54, 1.807) is 0 Å². The summed E-state index contributed by atoms with van der Waals surface area (Å²) >= 11 is 13.8. The Kier molecular flexibility index (Phi) is 4.38. The fourth-order valence-electron chi connectivity index (χ4n) is 1.36. The van der Waals surface area contributed by atoms with Crippen molar-refractivity contribution in [1.82, 2.24) is 9.97 Å². The number of hydrogen-bond donors (Lipinski definition) is 0. The molecule has 0 bridgehead atoms. The highest BCUT2D eigenvalue weighted by molar-refractivity contribution is 9.11. The van der Waals surface area contributed by atoms with Crippen LogP contribution in [0.1, 0.15) is 11.4 Å². The normalized spacial score (nSPS) is 11.0. The lowest BCUT2D eigenvalue weighted by Crippen LogP contribution is -1.99. The molecule has 2 nitrogen and oxygen atoms in total. The molecular formula is C10H6Br4N2. The summed E-state index contributed by atoms with van der Waals surface area (Å²) < 4.78 is 1.92. The molecule has 0 atom stereocenters. The molecule has 2 rings (SSSR count). The summed E-state index contributed by atoms with van der Waals surface area (Å²) in [4.78, 5) is 9.22. The fraction of sp³-hybridized carbons (Fsp3) is 0.200. The smallest absolute Gasteiger partial charge is 0.104 e. The maximum absolute atomic E-state index is 4.61. The molecule has 0 saturated carbocycles. The Morgan fingerprint density at radius 2 is 1.19 bits per heavy atom. The summed E-state index contributed by atoms with van der Waals surface area (Å²) in [6, 6.07) is 3.93. The first-order valence-corrected chi connectivity index (χ1v) is 8.25. The fourth-order valence-corrected chi connectivity index (χ4v) is 3.07. The molecule has 6 heteroatoms. The van der Waals surface area contributed by atoms with E-state index in [-0.39, 0.29) is 0 Å². The van der Waals surface area contributed by atoms with Gasteiger partial charge in [-0.2, -0.15) is 0 Å². The molecule has 0 unspecified atom stereocenters. The summed E-state index contributed by atoms with van der Waals surface area (Å²) in [6.45, 7) is 0. The van der Waals surface area contributed by atoms with Crippen LogP contribution in [0.3, 0.4) is 0 Å². The van der Waals surface area contributed by atoms with E-state index in [9.17, 15) is 0 Å². The van der Waals surface area contributed by atoms with Crippen LogP contribution in [0.15, 0.2) is 21.1 Å². The first-order chi connectivity index (χ1) is 7.67. The molecule has 0 aliphatic rings. The third-order valence-corrected chi connectivity index (χ3v) is 4.47. The SMILES string of the molecule is BrCc1nc2c(Br)ccc(Br)c2nc1CBr. The van der Waals surface area contributed by atoms with Gasteiger partial charge in [-0.05, 0) is 44.0 Å². The summed E-state index contributed by atoms with van der Waals surface area (Å²) in [5.41, 5.74) is 3.69. The summed E-state index contributed by atoms with van der Waals surface area (Å²) in [5.74, 6) is 0. The lowest BCUT2D eigenvalue weighted by atomic mass is 10.2. The van der Waals surface area contributed by atoms with Crippen LogP contribution in [-0.2, 0) is 10.7 Å². The van der Waals surface area contributed by atoms with Gasteiger partial charge < -0.3 is 0 Å². The topological polar surface area (TPSA) is 25.8 Å². The number of alkyl halides is 2. The van der Waals surface area contributed by atoms with Crippen LogP contribution in [0.5, 0.6) is 0 Å². The van der Waals surface area contributed by atoms with Gasteiger partial charge in [-0.15, -0.1) is 0 Å². The maximum atomic E-state index is 4.61. The number of nitrogens with zero attached hydrogens (tertiary/aromatic N) is 2. The number of hydrogen-bond acceptors (Lipinski definition) is 2. The van der Waals surface area contributed by atoms with Gasteiger partial charge in [0.05, 0.1) is 11.4 Å². The Bertz CT molecular complexity index is 493. The zero-order valence-electron chi connectivity index (χ0n) is 7.98. The average molecular weight is 474 g/mol. The van der Waals surface area contributed by atoms with Crippen molar-refractivity contribution < 1.29 is 0 Å². The largest absolute Gasteiger partial charge is 0.247 e. The van der Waals surface area contributed by atoms with Gasteiger partial charge in [0.15, 0.2) is 0 Å². The van der Waals surface area contributed by atoms with Gasteiger partial charge >= 0.3 is 0 Å². The molecule has 1 aromatic heterocycles. The van der Waals surface area contributed by atoms with E-state index in [0.717, 1.165) is 31.4 Å². The van der Waals surface area contributed by atoms with Gasteiger partial charge in [-0.3, -0.25) is 0 Å². The van der Waals surface area contributed by atoms with Gasteiger partial charge in [-0.25, -0.2) is 9.97 Å². The van der Waals surface area contributed by atoms with Crippen LogP contribution in [-0.4, -0.2) is 9.97 Å². The van der Waals surface area contributed by atoms with E-state index < -0.39 is 0 Å². The Morgan fingerprint density at radius 1 is 0.812 bits per heavy atom. The van der Waals surface area contributed by atoms with E-state index >= 15 is 0 Å². The molecule has 0 fully saturated rings. The molecule has 0 radical (unpaired) electrons. The van der Waals surface area contributed by atoms with Crippen molar-refractivity contribution in [1.29, 1.82) is 0 Å². The van der Waals surface area contributed by atoms with Crippen molar-refractivity contribution >= 4 is 74.8 Å². The third-order valence-electron chi connectivity index (χ3n) is 2.13. The Balaban J connectivity index is 2.82. The minimum atomic E-state index is 0.704. The Labute approximate surface area is 127 Å². The molecule has 0 aliphatic carbocycles. The van der Waals surface area contributed by atoms with Crippen LogP contribution in [0, 0.1) is 0 Å². The molecule has 0 amide bonds. The highest BCUT2D eigenvalue weighted by Gasteiger charge is 2.11. The minimum Gasteiger partial charge on any atom is -0.247 e. The molecule has 2 aromatic rings. The average Bonchev–Trinajstić information content (AvgIpc) is 2.32. The van der Waals surface area contributed by atoms with E-state index in [1.165, 1.54) is 0 Å². The van der Waals surface area contributed by atoms with Crippen molar-refractivity contribution in [2.24, 2.45) is 0 Å². The number of halogens is 4. The molecule has 0 spiro atoms.